The summed E-state index contributed by atoms with van der Waals surface area (Å²) in [7, 11) is 0. The molecular formula is C17H21BrN5S+. The molecule has 3 aromatic rings. The minimum atomic E-state index is 0.878. The Kier molecular flexibility index (Phi) is 5.01. The van der Waals surface area contributed by atoms with E-state index in [0.29, 0.717) is 0 Å². The molecule has 0 radical (unpaired) electrons. The number of fused-ring (bicyclic) bond motifs is 3. The largest absolute Gasteiger partial charge is 0.321 e. The van der Waals surface area contributed by atoms with Crippen molar-refractivity contribution in [2.24, 2.45) is 0 Å². The van der Waals surface area contributed by atoms with Crippen molar-refractivity contribution < 1.29 is 4.98 Å². The van der Waals surface area contributed by atoms with E-state index in [1.807, 2.05) is 6.07 Å². The summed E-state index contributed by atoms with van der Waals surface area (Å²) in [6, 6.07) is 6.16. The molecule has 7 heteroatoms. The van der Waals surface area contributed by atoms with Crippen LogP contribution in [0.3, 0.4) is 0 Å². The third kappa shape index (κ3) is 3.58. The maximum atomic E-state index is 4.42. The van der Waals surface area contributed by atoms with Gasteiger partial charge in [0, 0.05) is 21.9 Å². The van der Waals surface area contributed by atoms with E-state index in [2.05, 4.69) is 53.1 Å². The molecule has 3 heterocycles. The highest BCUT2D eigenvalue weighted by Gasteiger charge is 2.16. The van der Waals surface area contributed by atoms with Crippen LogP contribution in [0.25, 0.3) is 22.1 Å². The van der Waals surface area contributed by atoms with E-state index in [0.717, 1.165) is 44.0 Å². The number of hydrogen-bond acceptors (Lipinski definition) is 4. The number of nitrogens with zero attached hydrogens (tertiary/aromatic N) is 3. The molecule has 0 aliphatic carbocycles. The van der Waals surface area contributed by atoms with Crippen LogP contribution in [-0.4, -0.2) is 45.5 Å². The maximum Gasteiger partial charge on any atom is 0.321 e. The summed E-state index contributed by atoms with van der Waals surface area (Å²) >= 11 is 5.26. The highest BCUT2D eigenvalue weighted by molar-refractivity contribution is 9.10. The second-order valence-electron chi connectivity index (χ2n) is 6.27. The van der Waals surface area contributed by atoms with Crippen molar-refractivity contribution in [2.75, 3.05) is 25.4 Å². The number of H-pyrrole nitrogens is 2. The Morgan fingerprint density at radius 2 is 2.00 bits per heavy atom. The van der Waals surface area contributed by atoms with Crippen LogP contribution >= 0.6 is 27.7 Å². The Morgan fingerprint density at radius 3 is 2.83 bits per heavy atom. The summed E-state index contributed by atoms with van der Waals surface area (Å²) < 4.78 is 1.05. The Morgan fingerprint density at radius 1 is 1.17 bits per heavy atom. The van der Waals surface area contributed by atoms with Crippen molar-refractivity contribution in [1.82, 2.24) is 20.1 Å². The second-order valence-corrected chi connectivity index (χ2v) is 8.27. The van der Waals surface area contributed by atoms with Gasteiger partial charge in [-0.15, -0.1) is 0 Å². The molecule has 0 atom stereocenters. The smallest absolute Gasteiger partial charge is 0.303 e. The first-order valence-corrected chi connectivity index (χ1v) is 10.3. The van der Waals surface area contributed by atoms with E-state index in [1.165, 1.54) is 38.8 Å². The fraction of sp³-hybridized carbons (Fsp3) is 0.471. The zero-order chi connectivity index (χ0) is 16.4. The SMILES string of the molecule is Brc1ccc2[nH]c3[nH+]c(SCCN4CCCCCC4)nnc3c2c1. The lowest BCUT2D eigenvalue weighted by Gasteiger charge is -2.18. The number of aromatic nitrogens is 4. The highest BCUT2D eigenvalue weighted by Crippen LogP contribution is 2.25. The lowest BCUT2D eigenvalue weighted by molar-refractivity contribution is -0.406. The molecule has 4 rings (SSSR count). The fourth-order valence-electron chi connectivity index (χ4n) is 3.27. The van der Waals surface area contributed by atoms with Crippen LogP contribution in [0.1, 0.15) is 25.7 Å². The van der Waals surface area contributed by atoms with E-state index in [9.17, 15) is 0 Å². The number of aromatic amines is 2. The molecule has 5 nitrogen and oxygen atoms in total. The third-order valence-electron chi connectivity index (χ3n) is 4.55. The predicted molar refractivity (Wildman–Crippen MR) is 101 cm³/mol. The predicted octanol–water partition coefficient (Wildman–Crippen LogP) is 3.66. The van der Waals surface area contributed by atoms with Gasteiger partial charge in [0.1, 0.15) is 5.52 Å². The van der Waals surface area contributed by atoms with Gasteiger partial charge in [-0.1, -0.05) is 33.9 Å². The van der Waals surface area contributed by atoms with Gasteiger partial charge < -0.3 is 4.90 Å². The number of hydrogen-bond donors (Lipinski definition) is 1. The maximum absolute atomic E-state index is 4.42. The lowest BCUT2D eigenvalue weighted by atomic mass is 10.2. The molecule has 1 aromatic carbocycles. The molecule has 0 saturated carbocycles. The van der Waals surface area contributed by atoms with E-state index in [1.54, 1.807) is 11.8 Å². The minimum Gasteiger partial charge on any atom is -0.303 e. The average Bonchev–Trinajstić information content (AvgIpc) is 2.75. The Hall–Kier alpha value is -1.18. The van der Waals surface area contributed by atoms with Gasteiger partial charge >= 0.3 is 5.16 Å². The van der Waals surface area contributed by atoms with Crippen LogP contribution in [0.5, 0.6) is 0 Å². The van der Waals surface area contributed by atoms with E-state index in [-0.39, 0.29) is 0 Å². The lowest BCUT2D eigenvalue weighted by Crippen LogP contribution is -2.27. The summed E-state index contributed by atoms with van der Waals surface area (Å²) in [6.07, 6.45) is 5.45. The molecule has 24 heavy (non-hydrogen) atoms. The van der Waals surface area contributed by atoms with Gasteiger partial charge in [-0.2, -0.15) is 0 Å². The Labute approximate surface area is 153 Å². The summed E-state index contributed by atoms with van der Waals surface area (Å²) in [6.45, 7) is 3.61. The molecule has 1 aliphatic rings. The summed E-state index contributed by atoms with van der Waals surface area (Å²) in [4.78, 5) is 9.35. The molecule has 0 spiro atoms. The van der Waals surface area contributed by atoms with Crippen molar-refractivity contribution in [3.8, 4) is 0 Å². The van der Waals surface area contributed by atoms with Crippen molar-refractivity contribution in [1.29, 1.82) is 0 Å². The van der Waals surface area contributed by atoms with Gasteiger partial charge in [0.2, 0.25) is 0 Å². The highest BCUT2D eigenvalue weighted by atomic mass is 79.9. The standard InChI is InChI=1S/C17H20BrN5S/c18-12-5-6-14-13(11-12)15-16(19-14)20-17(22-21-15)24-10-9-23-7-3-1-2-4-8-23/h5-6,11H,1-4,7-10H2,(H,19,20,22)/p+1. The topological polar surface area (TPSA) is 59.0 Å². The average molecular weight is 407 g/mol. The molecule has 1 aliphatic heterocycles. The summed E-state index contributed by atoms with van der Waals surface area (Å²) in [5.74, 6) is 1.04. The second kappa shape index (κ2) is 7.37. The van der Waals surface area contributed by atoms with Crippen molar-refractivity contribution in [3.05, 3.63) is 22.7 Å². The number of halogens is 1. The number of likely N-dealkylation sites (tertiary alicyclic amines) is 1. The third-order valence-corrected chi connectivity index (χ3v) is 5.89. The van der Waals surface area contributed by atoms with Crippen LogP contribution in [-0.2, 0) is 0 Å². The van der Waals surface area contributed by atoms with Crippen molar-refractivity contribution >= 4 is 49.8 Å². The van der Waals surface area contributed by atoms with Crippen LogP contribution < -0.4 is 4.98 Å². The van der Waals surface area contributed by atoms with Gasteiger partial charge in [0.15, 0.2) is 5.52 Å². The van der Waals surface area contributed by atoms with Gasteiger partial charge in [-0.05, 0) is 55.9 Å². The normalized spacial score (nSPS) is 16.7. The molecular weight excluding hydrogens is 386 g/mol. The fourth-order valence-corrected chi connectivity index (χ4v) is 4.44. The van der Waals surface area contributed by atoms with Gasteiger partial charge in [-0.25, -0.2) is 4.98 Å². The van der Waals surface area contributed by atoms with E-state index < -0.39 is 0 Å². The number of benzene rings is 1. The first kappa shape index (κ1) is 16.3. The molecule has 0 bridgehead atoms. The van der Waals surface area contributed by atoms with Gasteiger partial charge in [-0.3, -0.25) is 4.98 Å². The van der Waals surface area contributed by atoms with Crippen LogP contribution in [0.4, 0.5) is 0 Å². The van der Waals surface area contributed by atoms with Crippen LogP contribution in [0.15, 0.2) is 27.8 Å². The molecule has 2 aromatic heterocycles. The first-order valence-electron chi connectivity index (χ1n) is 8.52. The van der Waals surface area contributed by atoms with E-state index in [4.69, 9.17) is 0 Å². The quantitative estimate of drug-likeness (QED) is 0.671. The van der Waals surface area contributed by atoms with E-state index >= 15 is 0 Å². The number of thioether (sulfide) groups is 1. The molecule has 1 fully saturated rings. The summed E-state index contributed by atoms with van der Waals surface area (Å²) in [5, 5.41) is 10.8. The Bertz CT molecular complexity index is 841. The monoisotopic (exact) mass is 406 g/mol. The zero-order valence-corrected chi connectivity index (χ0v) is 15.9. The van der Waals surface area contributed by atoms with Crippen molar-refractivity contribution in [2.45, 2.75) is 30.8 Å². The van der Waals surface area contributed by atoms with Gasteiger partial charge in [0.25, 0.3) is 5.65 Å². The Balaban J connectivity index is 1.45. The van der Waals surface area contributed by atoms with Gasteiger partial charge in [0.05, 0.1) is 5.39 Å². The molecule has 126 valence electrons. The van der Waals surface area contributed by atoms with Crippen molar-refractivity contribution in [3.63, 3.8) is 0 Å². The van der Waals surface area contributed by atoms with Crippen LogP contribution in [0.2, 0.25) is 0 Å². The molecule has 0 amide bonds. The molecule has 0 unspecified atom stereocenters. The minimum absolute atomic E-state index is 0.878. The number of rotatable bonds is 4. The zero-order valence-electron chi connectivity index (χ0n) is 13.5. The number of nitrogens with one attached hydrogen (secondary N) is 2. The molecule has 1 saturated heterocycles. The first-order chi connectivity index (χ1) is 11.8. The summed E-state index contributed by atoms with van der Waals surface area (Å²) in [5.41, 5.74) is 2.91. The molecule has 2 N–H and O–H groups in total. The van der Waals surface area contributed by atoms with Crippen LogP contribution in [0, 0.1) is 0 Å².